The van der Waals surface area contributed by atoms with E-state index in [2.05, 4.69) is 11.9 Å². The Balaban J connectivity index is 2.20. The fraction of sp³-hybridized carbons (Fsp3) is 0.375. The molecule has 1 aliphatic rings. The van der Waals surface area contributed by atoms with E-state index < -0.39 is 11.7 Å². The van der Waals surface area contributed by atoms with Crippen molar-refractivity contribution in [3.8, 4) is 0 Å². The summed E-state index contributed by atoms with van der Waals surface area (Å²) in [6.45, 7) is 5.12. The highest BCUT2D eigenvalue weighted by atomic mass is 35.5. The van der Waals surface area contributed by atoms with Crippen LogP contribution < -0.4 is 10.2 Å². The van der Waals surface area contributed by atoms with Gasteiger partial charge in [0.1, 0.15) is 0 Å². The molecule has 0 aliphatic carbocycles. The standard InChI is InChI=1S/C16H19ClFN3O3/c1-3-14(23)20(2)10-13(22)19-12-5-4-11(17)15(18)16(12)21-6-8-24-9-7-21/h3-5H,1,6-10H2,2H3,(H,19,22). The van der Waals surface area contributed by atoms with E-state index in [4.69, 9.17) is 16.3 Å². The van der Waals surface area contributed by atoms with Gasteiger partial charge < -0.3 is 19.9 Å². The number of anilines is 2. The minimum absolute atomic E-state index is 0.0200. The molecule has 0 atom stereocenters. The van der Waals surface area contributed by atoms with Crippen LogP contribution in [0.4, 0.5) is 15.8 Å². The van der Waals surface area contributed by atoms with E-state index in [0.717, 1.165) is 6.08 Å². The Bertz CT molecular complexity index is 648. The van der Waals surface area contributed by atoms with Gasteiger partial charge in [-0.1, -0.05) is 18.2 Å². The number of nitrogens with one attached hydrogen (secondary N) is 1. The summed E-state index contributed by atoms with van der Waals surface area (Å²) in [5.74, 6) is -1.41. The summed E-state index contributed by atoms with van der Waals surface area (Å²) in [7, 11) is 1.48. The molecular weight excluding hydrogens is 337 g/mol. The van der Waals surface area contributed by atoms with Crippen LogP contribution in [0.2, 0.25) is 5.02 Å². The first-order valence-electron chi connectivity index (χ1n) is 7.42. The van der Waals surface area contributed by atoms with Crippen molar-refractivity contribution >= 4 is 34.8 Å². The Morgan fingerprint density at radius 3 is 2.75 bits per heavy atom. The van der Waals surface area contributed by atoms with Crippen LogP contribution in [0.5, 0.6) is 0 Å². The van der Waals surface area contributed by atoms with Crippen LogP contribution >= 0.6 is 11.6 Å². The van der Waals surface area contributed by atoms with E-state index in [0.29, 0.717) is 32.0 Å². The second kappa shape index (κ2) is 8.12. The summed E-state index contributed by atoms with van der Waals surface area (Å²) in [6, 6.07) is 2.93. The highest BCUT2D eigenvalue weighted by Gasteiger charge is 2.22. The van der Waals surface area contributed by atoms with Gasteiger partial charge in [0.25, 0.3) is 0 Å². The van der Waals surface area contributed by atoms with Gasteiger partial charge in [-0.05, 0) is 18.2 Å². The summed E-state index contributed by atoms with van der Waals surface area (Å²) >= 11 is 5.88. The van der Waals surface area contributed by atoms with E-state index in [1.54, 1.807) is 11.0 Å². The Labute approximate surface area is 144 Å². The molecule has 6 nitrogen and oxygen atoms in total. The first-order chi connectivity index (χ1) is 11.4. The van der Waals surface area contributed by atoms with Gasteiger partial charge in [-0.3, -0.25) is 9.59 Å². The minimum Gasteiger partial charge on any atom is -0.378 e. The summed E-state index contributed by atoms with van der Waals surface area (Å²) < 4.78 is 19.8. The zero-order chi connectivity index (χ0) is 17.7. The molecule has 1 fully saturated rings. The number of halogens is 2. The lowest BCUT2D eigenvalue weighted by atomic mass is 10.2. The Hall–Kier alpha value is -2.12. The van der Waals surface area contributed by atoms with Crippen LogP contribution in [-0.4, -0.2) is 56.6 Å². The smallest absolute Gasteiger partial charge is 0.246 e. The topological polar surface area (TPSA) is 61.9 Å². The molecule has 1 aliphatic heterocycles. The zero-order valence-electron chi connectivity index (χ0n) is 13.3. The summed E-state index contributed by atoms with van der Waals surface area (Å²) in [5, 5.41) is 2.62. The molecule has 1 aromatic rings. The fourth-order valence-electron chi connectivity index (χ4n) is 2.38. The number of hydrogen-bond donors (Lipinski definition) is 1. The lowest BCUT2D eigenvalue weighted by molar-refractivity contribution is -0.129. The molecule has 0 unspecified atom stereocenters. The van der Waals surface area contributed by atoms with Gasteiger partial charge in [0.2, 0.25) is 11.8 Å². The molecule has 0 saturated carbocycles. The molecule has 1 N–H and O–H groups in total. The number of carbonyl (C=O) groups is 2. The van der Waals surface area contributed by atoms with E-state index >= 15 is 0 Å². The van der Waals surface area contributed by atoms with Gasteiger partial charge in [-0.15, -0.1) is 0 Å². The predicted molar refractivity (Wildman–Crippen MR) is 90.9 cm³/mol. The molecular formula is C16H19ClFN3O3. The molecule has 0 spiro atoms. The second-order valence-electron chi connectivity index (χ2n) is 5.30. The van der Waals surface area contributed by atoms with Crippen LogP contribution in [0, 0.1) is 5.82 Å². The van der Waals surface area contributed by atoms with E-state index in [1.807, 2.05) is 0 Å². The Morgan fingerprint density at radius 2 is 2.12 bits per heavy atom. The maximum Gasteiger partial charge on any atom is 0.246 e. The summed E-state index contributed by atoms with van der Waals surface area (Å²) in [6.07, 6.45) is 1.12. The Kier molecular flexibility index (Phi) is 6.16. The lowest BCUT2D eigenvalue weighted by Gasteiger charge is -2.31. The number of morpholine rings is 1. The van der Waals surface area contributed by atoms with Crippen LogP contribution in [0.3, 0.4) is 0 Å². The van der Waals surface area contributed by atoms with Crippen molar-refractivity contribution in [2.24, 2.45) is 0 Å². The van der Waals surface area contributed by atoms with Gasteiger partial charge in [0, 0.05) is 20.1 Å². The van der Waals surface area contributed by atoms with Gasteiger partial charge >= 0.3 is 0 Å². The van der Waals surface area contributed by atoms with E-state index in [1.165, 1.54) is 18.0 Å². The second-order valence-corrected chi connectivity index (χ2v) is 5.71. The lowest BCUT2D eigenvalue weighted by Crippen LogP contribution is -2.38. The first-order valence-corrected chi connectivity index (χ1v) is 7.80. The molecule has 2 amide bonds. The normalized spacial score (nSPS) is 14.2. The maximum absolute atomic E-state index is 14.5. The number of carbonyl (C=O) groups excluding carboxylic acids is 2. The SMILES string of the molecule is C=CC(=O)N(C)CC(=O)Nc1ccc(Cl)c(F)c1N1CCOCC1. The minimum atomic E-state index is -0.591. The molecule has 2 rings (SSSR count). The van der Waals surface area contributed by atoms with Crippen LogP contribution in [0.25, 0.3) is 0 Å². The molecule has 0 radical (unpaired) electrons. The fourth-order valence-corrected chi connectivity index (χ4v) is 2.53. The molecule has 24 heavy (non-hydrogen) atoms. The van der Waals surface area contributed by atoms with Crippen LogP contribution in [-0.2, 0) is 14.3 Å². The van der Waals surface area contributed by atoms with Crippen molar-refractivity contribution in [1.29, 1.82) is 0 Å². The van der Waals surface area contributed by atoms with Gasteiger partial charge in [-0.2, -0.15) is 0 Å². The maximum atomic E-state index is 14.5. The van der Waals surface area contributed by atoms with E-state index in [9.17, 15) is 14.0 Å². The molecule has 0 aromatic heterocycles. The monoisotopic (exact) mass is 355 g/mol. The van der Waals surface area contributed by atoms with Crippen molar-refractivity contribution in [3.63, 3.8) is 0 Å². The average Bonchev–Trinajstić information content (AvgIpc) is 2.58. The Morgan fingerprint density at radius 1 is 1.46 bits per heavy atom. The zero-order valence-corrected chi connectivity index (χ0v) is 14.1. The average molecular weight is 356 g/mol. The van der Waals surface area contributed by atoms with Crippen molar-refractivity contribution in [2.45, 2.75) is 0 Å². The van der Waals surface area contributed by atoms with Gasteiger partial charge in [0.15, 0.2) is 5.82 Å². The molecule has 0 bridgehead atoms. The van der Waals surface area contributed by atoms with E-state index in [-0.39, 0.29) is 23.2 Å². The van der Waals surface area contributed by atoms with Gasteiger partial charge in [0.05, 0.1) is 36.2 Å². The predicted octanol–water partition coefficient (Wildman–Crippen LogP) is 1.90. The molecule has 1 saturated heterocycles. The largest absolute Gasteiger partial charge is 0.378 e. The first kappa shape index (κ1) is 18.2. The number of benzene rings is 1. The summed E-state index contributed by atoms with van der Waals surface area (Å²) in [4.78, 5) is 26.6. The number of ether oxygens (including phenoxy) is 1. The molecule has 8 heteroatoms. The number of amides is 2. The number of hydrogen-bond acceptors (Lipinski definition) is 4. The van der Waals surface area contributed by atoms with Crippen molar-refractivity contribution < 1.29 is 18.7 Å². The highest BCUT2D eigenvalue weighted by Crippen LogP contribution is 2.34. The third kappa shape index (κ3) is 4.24. The third-order valence-corrected chi connectivity index (χ3v) is 3.89. The molecule has 1 heterocycles. The van der Waals surface area contributed by atoms with Crippen LogP contribution in [0.1, 0.15) is 0 Å². The summed E-state index contributed by atoms with van der Waals surface area (Å²) in [5.41, 5.74) is 0.542. The van der Waals surface area contributed by atoms with Crippen molar-refractivity contribution in [3.05, 3.63) is 35.6 Å². The van der Waals surface area contributed by atoms with Crippen molar-refractivity contribution in [2.75, 3.05) is 50.1 Å². The molecule has 130 valence electrons. The van der Waals surface area contributed by atoms with Crippen molar-refractivity contribution in [1.82, 2.24) is 4.90 Å². The third-order valence-electron chi connectivity index (χ3n) is 3.60. The number of rotatable bonds is 5. The highest BCUT2D eigenvalue weighted by molar-refractivity contribution is 6.31. The molecule has 1 aromatic carbocycles. The van der Waals surface area contributed by atoms with Crippen LogP contribution in [0.15, 0.2) is 24.8 Å². The van der Waals surface area contributed by atoms with Gasteiger partial charge in [-0.25, -0.2) is 4.39 Å². The quantitative estimate of drug-likeness (QED) is 0.819. The number of likely N-dealkylation sites (N-methyl/N-ethyl adjacent to an activating group) is 1. The number of nitrogens with zero attached hydrogens (tertiary/aromatic N) is 2.